The molecule has 2 rings (SSSR count). The second kappa shape index (κ2) is 8.10. The Labute approximate surface area is 151 Å². The van der Waals surface area contributed by atoms with Crippen molar-refractivity contribution in [3.05, 3.63) is 24.3 Å². The fraction of sp³-hybridized carbons (Fsp3) is 0.556. The number of anilines is 1. The summed E-state index contributed by atoms with van der Waals surface area (Å²) in [6, 6.07) is 6.57. The standard InChI is InChI=1S/C18H26N2O4S/c1-18(2,3)15-12(9-10-24-15)11-19-16(21)17(22)20-13-5-7-14(8-6-13)25(4)23/h5-8,12,15H,9-11H2,1-4H3,(H,19,21)(H,20,22)/t12-,15-,25+/m0/s1. The highest BCUT2D eigenvalue weighted by Crippen LogP contribution is 2.34. The van der Waals surface area contributed by atoms with Gasteiger partial charge in [-0.25, -0.2) is 0 Å². The Morgan fingerprint density at radius 3 is 2.40 bits per heavy atom. The molecule has 1 aliphatic heterocycles. The maximum atomic E-state index is 12.0. The number of hydrogen-bond acceptors (Lipinski definition) is 4. The number of nitrogens with one attached hydrogen (secondary N) is 2. The highest BCUT2D eigenvalue weighted by molar-refractivity contribution is 7.84. The molecule has 1 fully saturated rings. The molecular weight excluding hydrogens is 340 g/mol. The van der Waals surface area contributed by atoms with Crippen LogP contribution in [0.5, 0.6) is 0 Å². The molecule has 0 unspecified atom stereocenters. The largest absolute Gasteiger partial charge is 0.377 e. The molecule has 0 radical (unpaired) electrons. The molecule has 0 aliphatic carbocycles. The second-order valence-corrected chi connectivity index (χ2v) is 8.73. The first-order chi connectivity index (χ1) is 11.7. The van der Waals surface area contributed by atoms with Crippen molar-refractivity contribution in [2.24, 2.45) is 11.3 Å². The van der Waals surface area contributed by atoms with Crippen LogP contribution in [-0.2, 0) is 25.1 Å². The van der Waals surface area contributed by atoms with Gasteiger partial charge in [-0.1, -0.05) is 20.8 Å². The molecule has 3 atom stereocenters. The summed E-state index contributed by atoms with van der Waals surface area (Å²) in [5, 5.41) is 5.24. The zero-order valence-electron chi connectivity index (χ0n) is 15.1. The normalized spacial score (nSPS) is 21.6. The van der Waals surface area contributed by atoms with Crippen LogP contribution in [0.1, 0.15) is 27.2 Å². The van der Waals surface area contributed by atoms with Gasteiger partial charge in [-0.3, -0.25) is 13.8 Å². The van der Waals surface area contributed by atoms with Crippen LogP contribution in [0, 0.1) is 11.3 Å². The molecule has 1 aromatic carbocycles. The fourth-order valence-electron chi connectivity index (χ4n) is 3.02. The fourth-order valence-corrected chi connectivity index (χ4v) is 3.54. The van der Waals surface area contributed by atoms with Gasteiger partial charge in [0.2, 0.25) is 0 Å². The van der Waals surface area contributed by atoms with Gasteiger partial charge >= 0.3 is 11.8 Å². The highest BCUT2D eigenvalue weighted by atomic mass is 32.2. The van der Waals surface area contributed by atoms with E-state index >= 15 is 0 Å². The number of carbonyl (C=O) groups excluding carboxylic acids is 2. The van der Waals surface area contributed by atoms with E-state index in [9.17, 15) is 13.8 Å². The minimum atomic E-state index is -1.08. The third-order valence-corrected chi connectivity index (χ3v) is 5.18. The predicted octanol–water partition coefficient (Wildman–Crippen LogP) is 1.93. The molecule has 25 heavy (non-hydrogen) atoms. The molecule has 0 saturated carbocycles. The maximum Gasteiger partial charge on any atom is 0.313 e. The number of carbonyl (C=O) groups is 2. The summed E-state index contributed by atoms with van der Waals surface area (Å²) in [4.78, 5) is 24.7. The summed E-state index contributed by atoms with van der Waals surface area (Å²) in [5.41, 5.74) is 0.487. The molecule has 0 aromatic heterocycles. The average Bonchev–Trinajstić information content (AvgIpc) is 3.01. The summed E-state index contributed by atoms with van der Waals surface area (Å²) in [7, 11) is -1.08. The minimum Gasteiger partial charge on any atom is -0.377 e. The molecule has 1 aromatic rings. The van der Waals surface area contributed by atoms with Crippen LogP contribution in [0.15, 0.2) is 29.2 Å². The Morgan fingerprint density at radius 2 is 1.84 bits per heavy atom. The lowest BCUT2D eigenvalue weighted by Crippen LogP contribution is -2.42. The van der Waals surface area contributed by atoms with E-state index in [-0.39, 0.29) is 17.4 Å². The minimum absolute atomic E-state index is 0.00470. The average molecular weight is 366 g/mol. The highest BCUT2D eigenvalue weighted by Gasteiger charge is 2.37. The van der Waals surface area contributed by atoms with Crippen LogP contribution < -0.4 is 10.6 Å². The van der Waals surface area contributed by atoms with E-state index in [4.69, 9.17) is 4.74 Å². The van der Waals surface area contributed by atoms with E-state index in [1.54, 1.807) is 30.5 Å². The number of amides is 2. The van der Waals surface area contributed by atoms with Gasteiger partial charge in [-0.15, -0.1) is 0 Å². The van der Waals surface area contributed by atoms with Gasteiger partial charge in [0.05, 0.1) is 6.10 Å². The molecule has 1 aliphatic rings. The summed E-state index contributed by atoms with van der Waals surface area (Å²) >= 11 is 0. The Morgan fingerprint density at radius 1 is 1.20 bits per heavy atom. The van der Waals surface area contributed by atoms with Gasteiger partial charge < -0.3 is 15.4 Å². The van der Waals surface area contributed by atoms with Gasteiger partial charge in [0.25, 0.3) is 0 Å². The SMILES string of the molecule is C[S@@](=O)c1ccc(NC(=O)C(=O)NC[C@@H]2CCO[C@@H]2C(C)(C)C)cc1. The van der Waals surface area contributed by atoms with Crippen LogP contribution in [0.3, 0.4) is 0 Å². The van der Waals surface area contributed by atoms with E-state index in [1.807, 2.05) is 0 Å². The predicted molar refractivity (Wildman–Crippen MR) is 97.7 cm³/mol. The number of hydrogen-bond donors (Lipinski definition) is 2. The molecule has 2 amide bonds. The van der Waals surface area contributed by atoms with Crippen molar-refractivity contribution < 1.29 is 18.5 Å². The van der Waals surface area contributed by atoms with Crippen molar-refractivity contribution >= 4 is 28.3 Å². The van der Waals surface area contributed by atoms with E-state index in [2.05, 4.69) is 31.4 Å². The van der Waals surface area contributed by atoms with Gasteiger partial charge in [0, 0.05) is 46.7 Å². The number of benzene rings is 1. The molecule has 0 bridgehead atoms. The molecule has 7 heteroatoms. The number of rotatable bonds is 4. The molecule has 2 N–H and O–H groups in total. The van der Waals surface area contributed by atoms with Crippen molar-refractivity contribution in [3.63, 3.8) is 0 Å². The summed E-state index contributed by atoms with van der Waals surface area (Å²) < 4.78 is 17.1. The van der Waals surface area contributed by atoms with Crippen LogP contribution in [0.25, 0.3) is 0 Å². The Hall–Kier alpha value is -1.73. The van der Waals surface area contributed by atoms with Crippen molar-refractivity contribution in [2.45, 2.75) is 38.2 Å². The molecule has 0 spiro atoms. The molecule has 6 nitrogen and oxygen atoms in total. The van der Waals surface area contributed by atoms with Gasteiger partial charge in [0.1, 0.15) is 0 Å². The van der Waals surface area contributed by atoms with E-state index < -0.39 is 22.6 Å². The van der Waals surface area contributed by atoms with E-state index in [0.29, 0.717) is 23.7 Å². The Kier molecular flexibility index (Phi) is 6.35. The first-order valence-electron chi connectivity index (χ1n) is 8.33. The van der Waals surface area contributed by atoms with Crippen LogP contribution >= 0.6 is 0 Å². The monoisotopic (exact) mass is 366 g/mol. The lowest BCUT2D eigenvalue weighted by atomic mass is 9.81. The van der Waals surface area contributed by atoms with Crippen molar-refractivity contribution in [3.8, 4) is 0 Å². The summed E-state index contributed by atoms with van der Waals surface area (Å²) in [6.45, 7) is 7.42. The smallest absolute Gasteiger partial charge is 0.313 e. The zero-order chi connectivity index (χ0) is 18.6. The summed E-state index contributed by atoms with van der Waals surface area (Å²) in [5.74, 6) is -1.17. The Balaban J connectivity index is 1.86. The van der Waals surface area contributed by atoms with Crippen molar-refractivity contribution in [2.75, 3.05) is 24.7 Å². The number of ether oxygens (including phenoxy) is 1. The third-order valence-electron chi connectivity index (χ3n) is 4.24. The van der Waals surface area contributed by atoms with Gasteiger partial charge in [-0.05, 0) is 36.1 Å². The van der Waals surface area contributed by atoms with Crippen LogP contribution in [0.2, 0.25) is 0 Å². The third kappa shape index (κ3) is 5.37. The van der Waals surface area contributed by atoms with E-state index in [1.165, 1.54) is 0 Å². The zero-order valence-corrected chi connectivity index (χ0v) is 15.9. The first kappa shape index (κ1) is 19.6. The van der Waals surface area contributed by atoms with Crippen LogP contribution in [0.4, 0.5) is 5.69 Å². The molecule has 1 saturated heterocycles. The lowest BCUT2D eigenvalue weighted by Gasteiger charge is -2.31. The van der Waals surface area contributed by atoms with Gasteiger partial charge in [0.15, 0.2) is 0 Å². The molecule has 138 valence electrons. The Bertz CT molecular complexity index is 652. The van der Waals surface area contributed by atoms with Crippen LogP contribution in [-0.4, -0.2) is 41.5 Å². The molecule has 1 heterocycles. The van der Waals surface area contributed by atoms with Crippen molar-refractivity contribution in [1.82, 2.24) is 5.32 Å². The van der Waals surface area contributed by atoms with Crippen molar-refractivity contribution in [1.29, 1.82) is 0 Å². The second-order valence-electron chi connectivity index (χ2n) is 7.35. The maximum absolute atomic E-state index is 12.0. The molecular formula is C18H26N2O4S. The summed E-state index contributed by atoms with van der Waals surface area (Å²) in [6.07, 6.45) is 2.52. The van der Waals surface area contributed by atoms with Gasteiger partial charge in [-0.2, -0.15) is 0 Å². The topological polar surface area (TPSA) is 84.5 Å². The lowest BCUT2D eigenvalue weighted by molar-refractivity contribution is -0.136. The first-order valence-corrected chi connectivity index (χ1v) is 9.88. The quantitative estimate of drug-likeness (QED) is 0.798. The van der Waals surface area contributed by atoms with E-state index in [0.717, 1.165) is 6.42 Å².